The van der Waals surface area contributed by atoms with E-state index in [2.05, 4.69) is 27.3 Å². The predicted molar refractivity (Wildman–Crippen MR) is 87.8 cm³/mol. The van der Waals surface area contributed by atoms with Crippen molar-refractivity contribution in [2.45, 2.75) is 13.5 Å². The summed E-state index contributed by atoms with van der Waals surface area (Å²) in [4.78, 5) is 0. The van der Waals surface area contributed by atoms with Crippen LogP contribution in [0.4, 0.5) is 0 Å². The number of ether oxygens (including phenoxy) is 1. The predicted octanol–water partition coefficient (Wildman–Crippen LogP) is 4.88. The Balaban J connectivity index is 2.25. The van der Waals surface area contributed by atoms with Crippen molar-refractivity contribution in [3.05, 3.63) is 57.0 Å². The highest BCUT2D eigenvalue weighted by atomic mass is 79.9. The maximum absolute atomic E-state index is 9.27. The normalized spacial score (nSPS) is 10.2. The van der Waals surface area contributed by atoms with E-state index in [0.717, 1.165) is 23.1 Å². The zero-order valence-electron chi connectivity index (χ0n) is 11.5. The van der Waals surface area contributed by atoms with E-state index in [9.17, 15) is 5.26 Å². The number of benzene rings is 2. The highest BCUT2D eigenvalue weighted by Gasteiger charge is 2.09. The molecule has 0 spiro atoms. The number of hydrogen-bond acceptors (Lipinski definition) is 3. The van der Waals surface area contributed by atoms with Crippen molar-refractivity contribution in [2.75, 3.05) is 6.54 Å². The molecule has 0 aliphatic carbocycles. The quantitative estimate of drug-likeness (QED) is 0.821. The number of halogens is 2. The molecule has 0 heterocycles. The second-order valence-electron chi connectivity index (χ2n) is 4.40. The summed E-state index contributed by atoms with van der Waals surface area (Å²) in [7, 11) is 0. The molecule has 0 aliphatic heterocycles. The summed E-state index contributed by atoms with van der Waals surface area (Å²) in [5.74, 6) is 1.03. The molecule has 2 aromatic rings. The summed E-state index contributed by atoms with van der Waals surface area (Å²) >= 11 is 9.47. The standard InChI is InChI=1S/C16H14BrClN2O/c1-2-20-10-11-3-5-15(12(7-11)9-19)21-16-6-4-13(17)8-14(16)18/h3-8,20H,2,10H2,1H3. The maximum atomic E-state index is 9.27. The molecule has 2 rings (SSSR count). The van der Waals surface area contributed by atoms with Crippen LogP contribution in [0.3, 0.4) is 0 Å². The third-order valence-electron chi connectivity index (χ3n) is 2.86. The van der Waals surface area contributed by atoms with E-state index < -0.39 is 0 Å². The smallest absolute Gasteiger partial charge is 0.146 e. The second kappa shape index (κ2) is 7.46. The van der Waals surface area contributed by atoms with Crippen LogP contribution >= 0.6 is 27.5 Å². The number of hydrogen-bond donors (Lipinski definition) is 1. The summed E-state index contributed by atoms with van der Waals surface area (Å²) < 4.78 is 6.63. The van der Waals surface area contributed by atoms with Gasteiger partial charge in [0, 0.05) is 11.0 Å². The maximum Gasteiger partial charge on any atom is 0.146 e. The topological polar surface area (TPSA) is 45.0 Å². The molecule has 2 aromatic carbocycles. The highest BCUT2D eigenvalue weighted by Crippen LogP contribution is 2.33. The monoisotopic (exact) mass is 364 g/mol. The van der Waals surface area contributed by atoms with Crippen LogP contribution in [-0.2, 0) is 6.54 Å². The minimum Gasteiger partial charge on any atom is -0.454 e. The Morgan fingerprint density at radius 1 is 1.24 bits per heavy atom. The zero-order valence-corrected chi connectivity index (χ0v) is 13.8. The molecule has 0 amide bonds. The molecular formula is C16H14BrClN2O. The van der Waals surface area contributed by atoms with Gasteiger partial charge in [-0.05, 0) is 42.4 Å². The van der Waals surface area contributed by atoms with E-state index in [1.165, 1.54) is 0 Å². The van der Waals surface area contributed by atoms with E-state index in [4.69, 9.17) is 16.3 Å². The Morgan fingerprint density at radius 3 is 2.67 bits per heavy atom. The molecule has 0 aromatic heterocycles. The Kier molecular flexibility index (Phi) is 5.63. The van der Waals surface area contributed by atoms with E-state index in [1.54, 1.807) is 18.2 Å². The molecular weight excluding hydrogens is 352 g/mol. The molecule has 0 unspecified atom stereocenters. The summed E-state index contributed by atoms with van der Waals surface area (Å²) in [5.41, 5.74) is 1.53. The minimum atomic E-state index is 0.490. The van der Waals surface area contributed by atoms with Gasteiger partial charge in [-0.3, -0.25) is 0 Å². The minimum absolute atomic E-state index is 0.490. The third-order valence-corrected chi connectivity index (χ3v) is 3.65. The lowest BCUT2D eigenvalue weighted by molar-refractivity contribution is 0.481. The molecule has 0 fully saturated rings. The number of nitriles is 1. The van der Waals surface area contributed by atoms with E-state index >= 15 is 0 Å². The first-order chi connectivity index (χ1) is 10.1. The van der Waals surface area contributed by atoms with Crippen molar-refractivity contribution in [1.82, 2.24) is 5.32 Å². The van der Waals surface area contributed by atoms with E-state index in [0.29, 0.717) is 22.1 Å². The van der Waals surface area contributed by atoms with Crippen molar-refractivity contribution < 1.29 is 4.74 Å². The fraction of sp³-hybridized carbons (Fsp3) is 0.188. The first-order valence-electron chi connectivity index (χ1n) is 6.50. The lowest BCUT2D eigenvalue weighted by Crippen LogP contribution is -2.11. The molecule has 0 radical (unpaired) electrons. The van der Waals surface area contributed by atoms with E-state index in [-0.39, 0.29) is 0 Å². The highest BCUT2D eigenvalue weighted by molar-refractivity contribution is 9.10. The van der Waals surface area contributed by atoms with Gasteiger partial charge in [0.25, 0.3) is 0 Å². The summed E-state index contributed by atoms with van der Waals surface area (Å²) in [5, 5.41) is 13.0. The largest absolute Gasteiger partial charge is 0.454 e. The van der Waals surface area contributed by atoms with Gasteiger partial charge in [0.2, 0.25) is 0 Å². The van der Waals surface area contributed by atoms with Gasteiger partial charge in [-0.2, -0.15) is 5.26 Å². The van der Waals surface area contributed by atoms with Gasteiger partial charge in [0.15, 0.2) is 0 Å². The molecule has 108 valence electrons. The SMILES string of the molecule is CCNCc1ccc(Oc2ccc(Br)cc2Cl)c(C#N)c1. The summed E-state index contributed by atoms with van der Waals surface area (Å²) in [6, 6.07) is 13.1. The van der Waals surface area contributed by atoms with Crippen LogP contribution in [0.2, 0.25) is 5.02 Å². The molecule has 5 heteroatoms. The average Bonchev–Trinajstić information content (AvgIpc) is 2.48. The summed E-state index contributed by atoms with van der Waals surface area (Å²) in [6.45, 7) is 3.65. The zero-order chi connectivity index (χ0) is 15.2. The van der Waals surface area contributed by atoms with Crippen molar-refractivity contribution in [3.63, 3.8) is 0 Å². The van der Waals surface area contributed by atoms with Crippen LogP contribution in [0.25, 0.3) is 0 Å². The van der Waals surface area contributed by atoms with Gasteiger partial charge in [0.05, 0.1) is 10.6 Å². The first-order valence-corrected chi connectivity index (χ1v) is 7.67. The van der Waals surface area contributed by atoms with E-state index in [1.807, 2.05) is 25.1 Å². The van der Waals surface area contributed by atoms with Crippen molar-refractivity contribution in [3.8, 4) is 17.6 Å². The Bertz CT molecular complexity index is 682. The molecule has 0 bridgehead atoms. The van der Waals surface area contributed by atoms with Crippen LogP contribution in [0.5, 0.6) is 11.5 Å². The van der Waals surface area contributed by atoms with Gasteiger partial charge in [-0.15, -0.1) is 0 Å². The molecule has 21 heavy (non-hydrogen) atoms. The first kappa shape index (κ1) is 15.8. The Hall–Kier alpha value is -1.54. The fourth-order valence-corrected chi connectivity index (χ4v) is 2.52. The average molecular weight is 366 g/mol. The van der Waals surface area contributed by atoms with Crippen LogP contribution < -0.4 is 10.1 Å². The molecule has 0 atom stereocenters. The van der Waals surface area contributed by atoms with Crippen LogP contribution in [-0.4, -0.2) is 6.54 Å². The summed E-state index contributed by atoms with van der Waals surface area (Å²) in [6.07, 6.45) is 0. The third kappa shape index (κ3) is 4.21. The van der Waals surface area contributed by atoms with Crippen LogP contribution in [0.15, 0.2) is 40.9 Å². The van der Waals surface area contributed by atoms with Gasteiger partial charge in [-0.1, -0.05) is 40.5 Å². The molecule has 0 saturated heterocycles. The van der Waals surface area contributed by atoms with Crippen molar-refractivity contribution >= 4 is 27.5 Å². The number of nitrogens with zero attached hydrogens (tertiary/aromatic N) is 1. The lowest BCUT2D eigenvalue weighted by Gasteiger charge is -2.11. The van der Waals surface area contributed by atoms with Crippen LogP contribution in [0, 0.1) is 11.3 Å². The Morgan fingerprint density at radius 2 is 2.00 bits per heavy atom. The van der Waals surface area contributed by atoms with Crippen molar-refractivity contribution in [1.29, 1.82) is 5.26 Å². The lowest BCUT2D eigenvalue weighted by atomic mass is 10.1. The molecule has 1 N–H and O–H groups in total. The van der Waals surface area contributed by atoms with Crippen molar-refractivity contribution in [2.24, 2.45) is 0 Å². The second-order valence-corrected chi connectivity index (χ2v) is 5.72. The molecule has 0 aliphatic rings. The van der Waals surface area contributed by atoms with Crippen LogP contribution in [0.1, 0.15) is 18.1 Å². The van der Waals surface area contributed by atoms with Gasteiger partial charge >= 0.3 is 0 Å². The van der Waals surface area contributed by atoms with Gasteiger partial charge in [0.1, 0.15) is 17.6 Å². The van der Waals surface area contributed by atoms with Gasteiger partial charge in [-0.25, -0.2) is 0 Å². The number of rotatable bonds is 5. The van der Waals surface area contributed by atoms with Gasteiger partial charge < -0.3 is 10.1 Å². The molecule has 3 nitrogen and oxygen atoms in total. The number of nitrogens with one attached hydrogen (secondary N) is 1. The molecule has 0 saturated carbocycles. The Labute approximate surface area is 137 Å². The fourth-order valence-electron chi connectivity index (χ4n) is 1.81.